The molecule has 0 unspecified atom stereocenters. The second-order valence-corrected chi connectivity index (χ2v) is 8.14. The number of hydrogen-bond acceptors (Lipinski definition) is 5. The highest BCUT2D eigenvalue weighted by molar-refractivity contribution is 5.97. The van der Waals surface area contributed by atoms with Crippen molar-refractivity contribution in [3.05, 3.63) is 36.0 Å². The SMILES string of the molecule is C=[N+](C)N(c1cc(-c2n[nH]c3ccnc(OC4CCOCC4)c23)ccc1C)C(C)C. The van der Waals surface area contributed by atoms with Crippen LogP contribution in [0, 0.1) is 6.92 Å². The van der Waals surface area contributed by atoms with Crippen molar-refractivity contribution in [1.82, 2.24) is 15.2 Å². The minimum absolute atomic E-state index is 0.115. The van der Waals surface area contributed by atoms with Crippen LogP contribution in [0.25, 0.3) is 22.2 Å². The largest absolute Gasteiger partial charge is 0.474 e. The van der Waals surface area contributed by atoms with Crippen LogP contribution in [0.5, 0.6) is 5.88 Å². The Morgan fingerprint density at radius 2 is 2.03 bits per heavy atom. The number of aryl methyl sites for hydroxylation is 1. The maximum atomic E-state index is 6.29. The molecule has 7 heteroatoms. The number of anilines is 1. The fraction of sp³-hybridized carbons (Fsp3) is 0.435. The molecule has 3 aromatic rings. The molecule has 2 aromatic heterocycles. The van der Waals surface area contributed by atoms with Crippen LogP contribution in [0.2, 0.25) is 0 Å². The molecular formula is C23H30N5O2+. The summed E-state index contributed by atoms with van der Waals surface area (Å²) in [5, 5.41) is 10.9. The van der Waals surface area contributed by atoms with Gasteiger partial charge in [-0.1, -0.05) is 12.1 Å². The minimum atomic E-state index is 0.115. The Bertz CT molecular complexity index is 1050. The first kappa shape index (κ1) is 20.3. The van der Waals surface area contributed by atoms with E-state index in [1.54, 1.807) is 6.20 Å². The van der Waals surface area contributed by atoms with Gasteiger partial charge in [0.25, 0.3) is 0 Å². The molecule has 3 heterocycles. The van der Waals surface area contributed by atoms with Gasteiger partial charge in [0.05, 0.1) is 30.2 Å². The molecule has 158 valence electrons. The summed E-state index contributed by atoms with van der Waals surface area (Å²) < 4.78 is 13.6. The van der Waals surface area contributed by atoms with Gasteiger partial charge in [-0.3, -0.25) is 5.10 Å². The van der Waals surface area contributed by atoms with Crippen molar-refractivity contribution >= 4 is 23.3 Å². The zero-order valence-corrected chi connectivity index (χ0v) is 18.2. The second kappa shape index (κ2) is 8.44. The monoisotopic (exact) mass is 408 g/mol. The molecule has 1 aliphatic rings. The van der Waals surface area contributed by atoms with Crippen LogP contribution >= 0.6 is 0 Å². The van der Waals surface area contributed by atoms with E-state index in [-0.39, 0.29) is 12.1 Å². The highest BCUT2D eigenvalue weighted by Gasteiger charge is 2.23. The molecule has 7 nitrogen and oxygen atoms in total. The molecule has 1 aliphatic heterocycles. The summed E-state index contributed by atoms with van der Waals surface area (Å²) in [6, 6.07) is 8.59. The van der Waals surface area contributed by atoms with Crippen molar-refractivity contribution < 1.29 is 14.2 Å². The summed E-state index contributed by atoms with van der Waals surface area (Å²) in [6.45, 7) is 12.0. The molecule has 4 rings (SSSR count). The van der Waals surface area contributed by atoms with Crippen molar-refractivity contribution in [2.75, 3.05) is 25.3 Å². The molecule has 0 radical (unpaired) electrons. The van der Waals surface area contributed by atoms with Gasteiger partial charge in [-0.05, 0) is 38.5 Å². The number of aromatic nitrogens is 3. The van der Waals surface area contributed by atoms with Gasteiger partial charge in [0.2, 0.25) is 5.88 Å². The van der Waals surface area contributed by atoms with E-state index in [4.69, 9.17) is 9.47 Å². The molecule has 0 atom stereocenters. The van der Waals surface area contributed by atoms with Gasteiger partial charge in [-0.15, -0.1) is 4.68 Å². The highest BCUT2D eigenvalue weighted by Crippen LogP contribution is 2.36. The third kappa shape index (κ3) is 3.89. The van der Waals surface area contributed by atoms with Crippen LogP contribution in [-0.2, 0) is 4.74 Å². The third-order valence-electron chi connectivity index (χ3n) is 5.47. The summed E-state index contributed by atoms with van der Waals surface area (Å²) in [4.78, 5) is 4.54. The zero-order chi connectivity index (χ0) is 21.3. The lowest BCUT2D eigenvalue weighted by Gasteiger charge is -2.24. The maximum Gasteiger partial charge on any atom is 0.225 e. The van der Waals surface area contributed by atoms with Gasteiger partial charge in [-0.2, -0.15) is 10.1 Å². The van der Waals surface area contributed by atoms with E-state index < -0.39 is 0 Å². The average molecular weight is 409 g/mol. The number of ether oxygens (including phenoxy) is 2. The number of pyridine rings is 1. The smallest absolute Gasteiger partial charge is 0.225 e. The van der Waals surface area contributed by atoms with E-state index in [2.05, 4.69) is 65.9 Å². The van der Waals surface area contributed by atoms with Gasteiger partial charge < -0.3 is 9.47 Å². The first-order valence-corrected chi connectivity index (χ1v) is 10.5. The van der Waals surface area contributed by atoms with E-state index >= 15 is 0 Å². The topological polar surface area (TPSA) is 66.3 Å². The number of H-pyrrole nitrogens is 1. The first-order valence-electron chi connectivity index (χ1n) is 10.5. The van der Waals surface area contributed by atoms with Crippen molar-refractivity contribution in [2.45, 2.75) is 45.8 Å². The normalized spacial score (nSPS) is 15.0. The fourth-order valence-electron chi connectivity index (χ4n) is 4.05. The van der Waals surface area contributed by atoms with Crippen LogP contribution in [0.3, 0.4) is 0 Å². The van der Waals surface area contributed by atoms with Crippen molar-refractivity contribution in [1.29, 1.82) is 0 Å². The van der Waals surface area contributed by atoms with Crippen molar-refractivity contribution in [3.63, 3.8) is 0 Å². The molecule has 30 heavy (non-hydrogen) atoms. The van der Waals surface area contributed by atoms with Crippen LogP contribution in [0.1, 0.15) is 32.3 Å². The molecule has 1 saturated heterocycles. The second-order valence-electron chi connectivity index (χ2n) is 8.14. The van der Waals surface area contributed by atoms with Crippen molar-refractivity contribution in [3.8, 4) is 17.1 Å². The van der Waals surface area contributed by atoms with Crippen LogP contribution in [0.4, 0.5) is 5.69 Å². The summed E-state index contributed by atoms with van der Waals surface area (Å²) >= 11 is 0. The fourth-order valence-corrected chi connectivity index (χ4v) is 4.05. The van der Waals surface area contributed by atoms with Crippen LogP contribution in [-0.4, -0.2) is 59.0 Å². The van der Waals surface area contributed by atoms with E-state index in [9.17, 15) is 0 Å². The molecule has 1 fully saturated rings. The summed E-state index contributed by atoms with van der Waals surface area (Å²) in [7, 11) is 1.96. The number of aromatic amines is 1. The molecule has 1 N–H and O–H groups in total. The van der Waals surface area contributed by atoms with Gasteiger partial charge in [0.15, 0.2) is 13.8 Å². The number of benzene rings is 1. The lowest BCUT2D eigenvalue weighted by atomic mass is 10.0. The Labute approximate surface area is 177 Å². The number of hydrazine groups is 1. The minimum Gasteiger partial charge on any atom is -0.474 e. The summed E-state index contributed by atoms with van der Waals surface area (Å²) in [6.07, 6.45) is 3.63. The number of hydrazone groups is 1. The van der Waals surface area contributed by atoms with Crippen LogP contribution in [0.15, 0.2) is 30.5 Å². The summed E-state index contributed by atoms with van der Waals surface area (Å²) in [5.41, 5.74) is 5.06. The van der Waals surface area contributed by atoms with E-state index in [1.165, 1.54) is 5.56 Å². The number of rotatable bonds is 6. The lowest BCUT2D eigenvalue weighted by molar-refractivity contribution is -0.507. The quantitative estimate of drug-likeness (QED) is 0.380. The third-order valence-corrected chi connectivity index (χ3v) is 5.47. The average Bonchev–Trinajstić information content (AvgIpc) is 3.15. The van der Waals surface area contributed by atoms with Gasteiger partial charge in [-0.25, -0.2) is 4.98 Å². The first-order chi connectivity index (χ1) is 14.5. The Morgan fingerprint density at radius 3 is 2.73 bits per heavy atom. The number of hydrogen-bond donors (Lipinski definition) is 1. The molecular weight excluding hydrogens is 378 g/mol. The standard InChI is InChI=1S/C23H30N5O2/c1-15(2)28(27(4)5)20-14-17(7-6-16(20)3)22-21-19(25-26-22)8-11-24-23(21)30-18-9-12-29-13-10-18/h6-8,11,14-15,18H,4,9-10,12-13H2,1-3,5H3,(H,25,26)/q+1. The predicted octanol–water partition coefficient (Wildman–Crippen LogP) is 3.96. The number of fused-ring (bicyclic) bond motifs is 1. The predicted molar refractivity (Wildman–Crippen MR) is 119 cm³/mol. The van der Waals surface area contributed by atoms with Crippen LogP contribution < -0.4 is 9.75 Å². The molecule has 0 aliphatic carbocycles. The lowest BCUT2D eigenvalue weighted by Crippen LogP contribution is -2.38. The number of nitrogens with zero attached hydrogens (tertiary/aromatic N) is 4. The highest BCUT2D eigenvalue weighted by atomic mass is 16.5. The van der Waals surface area contributed by atoms with Gasteiger partial charge >= 0.3 is 0 Å². The molecule has 1 aromatic carbocycles. The molecule has 0 bridgehead atoms. The Hall–Kier alpha value is -2.93. The van der Waals surface area contributed by atoms with Gasteiger partial charge in [0.1, 0.15) is 17.5 Å². The Morgan fingerprint density at radius 1 is 1.27 bits per heavy atom. The molecule has 0 saturated carbocycles. The zero-order valence-electron chi connectivity index (χ0n) is 18.2. The van der Waals surface area contributed by atoms with E-state index in [0.717, 1.165) is 53.9 Å². The van der Waals surface area contributed by atoms with E-state index in [1.807, 2.05) is 17.8 Å². The summed E-state index contributed by atoms with van der Waals surface area (Å²) in [5.74, 6) is 0.625. The van der Waals surface area contributed by atoms with Gasteiger partial charge in [0, 0.05) is 24.6 Å². The maximum absolute atomic E-state index is 6.29. The van der Waals surface area contributed by atoms with E-state index in [0.29, 0.717) is 5.88 Å². The molecule has 0 spiro atoms. The number of nitrogens with one attached hydrogen (secondary N) is 1. The van der Waals surface area contributed by atoms with Crippen molar-refractivity contribution in [2.24, 2.45) is 0 Å². The Balaban J connectivity index is 1.78. The Kier molecular flexibility index (Phi) is 5.72. The molecule has 0 amide bonds.